The predicted molar refractivity (Wildman–Crippen MR) is 109 cm³/mol. The Kier molecular flexibility index (Phi) is 4.56. The van der Waals surface area contributed by atoms with Crippen molar-refractivity contribution in [1.82, 2.24) is 10.4 Å². The van der Waals surface area contributed by atoms with Gasteiger partial charge in [0, 0.05) is 16.8 Å². The van der Waals surface area contributed by atoms with Crippen molar-refractivity contribution in [1.29, 1.82) is 0 Å². The summed E-state index contributed by atoms with van der Waals surface area (Å²) in [5.41, 5.74) is 5.86. The van der Waals surface area contributed by atoms with Crippen molar-refractivity contribution in [2.75, 3.05) is 11.1 Å². The molecule has 1 aliphatic carbocycles. The second kappa shape index (κ2) is 6.90. The molecule has 0 aromatic heterocycles. The molecule has 1 aromatic rings. The van der Waals surface area contributed by atoms with E-state index in [9.17, 15) is 14.7 Å². The van der Waals surface area contributed by atoms with Gasteiger partial charge in [0.1, 0.15) is 11.9 Å². The lowest BCUT2D eigenvalue weighted by atomic mass is 9.98. The summed E-state index contributed by atoms with van der Waals surface area (Å²) in [7, 11) is 0. The molecular formula is C18H15BrN4O3S. The van der Waals surface area contributed by atoms with Crippen LogP contribution in [0.15, 0.2) is 57.3 Å². The number of halogens is 1. The van der Waals surface area contributed by atoms with Crippen molar-refractivity contribution in [3.05, 3.63) is 57.9 Å². The van der Waals surface area contributed by atoms with E-state index in [2.05, 4.69) is 31.7 Å². The van der Waals surface area contributed by atoms with Gasteiger partial charge in [-0.05, 0) is 39.9 Å². The number of rotatable bonds is 2. The van der Waals surface area contributed by atoms with E-state index in [0.717, 1.165) is 17.0 Å². The minimum Gasteiger partial charge on any atom is -0.492 e. The van der Waals surface area contributed by atoms with Gasteiger partial charge < -0.3 is 10.4 Å². The molecule has 1 aromatic carbocycles. The number of allylic oxidation sites excluding steroid dienone is 2. The zero-order valence-corrected chi connectivity index (χ0v) is 16.6. The Hall–Kier alpha value is -2.52. The van der Waals surface area contributed by atoms with Crippen LogP contribution in [0.5, 0.6) is 0 Å². The number of hydrazine groups is 1. The summed E-state index contributed by atoms with van der Waals surface area (Å²) in [6.07, 6.45) is 2.40. The third-order valence-corrected chi connectivity index (χ3v) is 5.57. The lowest BCUT2D eigenvalue weighted by Crippen LogP contribution is -2.55. The molecule has 2 aliphatic heterocycles. The lowest BCUT2D eigenvalue weighted by Gasteiger charge is -2.43. The number of aliphatic hydroxyl groups excluding tert-OH is 1. The fraction of sp³-hybridized carbons (Fsp3) is 0.167. The van der Waals surface area contributed by atoms with Crippen molar-refractivity contribution in [2.24, 2.45) is 4.99 Å². The Bertz CT molecular complexity index is 983. The SMILES string of the molecule is CCSC1=NC(O)=C2c3ccccc3N[C@@H](C3=CC(=O)C(=O)C(Br)=C3)N2N1. The highest BCUT2D eigenvalue weighted by Crippen LogP contribution is 2.39. The largest absolute Gasteiger partial charge is 0.492 e. The number of aliphatic hydroxyl groups is 1. The van der Waals surface area contributed by atoms with Gasteiger partial charge in [-0.15, -0.1) is 0 Å². The van der Waals surface area contributed by atoms with Gasteiger partial charge in [-0.1, -0.05) is 36.9 Å². The molecule has 0 fully saturated rings. The van der Waals surface area contributed by atoms with Gasteiger partial charge in [0.05, 0.1) is 4.48 Å². The number of fused-ring (bicyclic) bond motifs is 3. The maximum atomic E-state index is 12.0. The zero-order chi connectivity index (χ0) is 19.1. The fourth-order valence-electron chi connectivity index (χ4n) is 3.09. The molecule has 4 rings (SSSR count). The first-order chi connectivity index (χ1) is 13.0. The number of hydrogen-bond donors (Lipinski definition) is 3. The Morgan fingerprint density at radius 2 is 2.07 bits per heavy atom. The smallest absolute Gasteiger partial charge is 0.240 e. The lowest BCUT2D eigenvalue weighted by molar-refractivity contribution is -0.131. The summed E-state index contributed by atoms with van der Waals surface area (Å²) in [5, 5.41) is 16.3. The van der Waals surface area contributed by atoms with Gasteiger partial charge in [-0.25, -0.2) is 0 Å². The van der Waals surface area contributed by atoms with Crippen LogP contribution in [0.4, 0.5) is 5.69 Å². The van der Waals surface area contributed by atoms with E-state index in [4.69, 9.17) is 0 Å². The van der Waals surface area contributed by atoms with Crippen LogP contribution < -0.4 is 10.7 Å². The number of nitrogens with zero attached hydrogens (tertiary/aromatic N) is 2. The Labute approximate surface area is 168 Å². The standard InChI is InChI=1S/C18H15BrN4O3S/c1-2-27-18-21-17(26)14-10-5-3-4-6-12(10)20-16(23(14)22-18)9-7-11(19)15(25)13(24)8-9/h3-8,16,20,26H,2H2,1H3,(H,21,22)/t16-/m1/s1. The van der Waals surface area contributed by atoms with E-state index >= 15 is 0 Å². The molecule has 0 bridgehead atoms. The first-order valence-electron chi connectivity index (χ1n) is 8.23. The highest BCUT2D eigenvalue weighted by atomic mass is 79.9. The topological polar surface area (TPSA) is 94.0 Å². The van der Waals surface area contributed by atoms with Crippen LogP contribution in [0.3, 0.4) is 0 Å². The molecule has 2 heterocycles. The molecule has 0 saturated heterocycles. The van der Waals surface area contributed by atoms with Crippen LogP contribution >= 0.6 is 27.7 Å². The van der Waals surface area contributed by atoms with Crippen molar-refractivity contribution < 1.29 is 14.7 Å². The van der Waals surface area contributed by atoms with E-state index in [1.807, 2.05) is 31.2 Å². The minimum absolute atomic E-state index is 0.106. The molecule has 7 nitrogen and oxygen atoms in total. The normalized spacial score (nSPS) is 21.5. The second-order valence-corrected chi connectivity index (χ2v) is 8.03. The van der Waals surface area contributed by atoms with Crippen LogP contribution in [0, 0.1) is 0 Å². The van der Waals surface area contributed by atoms with Crippen LogP contribution in [-0.2, 0) is 9.59 Å². The molecule has 0 radical (unpaired) electrons. The van der Waals surface area contributed by atoms with Crippen LogP contribution in [0.1, 0.15) is 12.5 Å². The first-order valence-corrected chi connectivity index (χ1v) is 10.0. The van der Waals surface area contributed by atoms with E-state index in [0.29, 0.717) is 16.4 Å². The first kappa shape index (κ1) is 17.9. The predicted octanol–water partition coefficient (Wildman–Crippen LogP) is 2.91. The molecule has 9 heteroatoms. The summed E-state index contributed by atoms with van der Waals surface area (Å²) >= 11 is 4.62. The third-order valence-electron chi connectivity index (χ3n) is 4.24. The van der Waals surface area contributed by atoms with Gasteiger partial charge in [0.25, 0.3) is 0 Å². The maximum absolute atomic E-state index is 12.0. The number of para-hydroxylation sites is 1. The number of nitrogens with one attached hydrogen (secondary N) is 2. The minimum atomic E-state index is -0.594. The van der Waals surface area contributed by atoms with Crippen LogP contribution in [0.2, 0.25) is 0 Å². The van der Waals surface area contributed by atoms with Gasteiger partial charge in [-0.2, -0.15) is 4.99 Å². The van der Waals surface area contributed by atoms with Gasteiger partial charge >= 0.3 is 0 Å². The number of benzene rings is 1. The number of aliphatic imine (C=N–C) groups is 1. The average molecular weight is 447 g/mol. The molecule has 138 valence electrons. The number of carbonyl (C=O) groups excluding carboxylic acids is 2. The number of Topliss-reactive ketones (excluding diaryl/α,β-unsaturated/α-hetero) is 1. The van der Waals surface area contributed by atoms with E-state index in [1.54, 1.807) is 11.1 Å². The number of anilines is 1. The van der Waals surface area contributed by atoms with Crippen molar-refractivity contribution in [2.45, 2.75) is 13.1 Å². The summed E-state index contributed by atoms with van der Waals surface area (Å²) in [5.74, 6) is -0.504. The maximum Gasteiger partial charge on any atom is 0.240 e. The molecule has 0 amide bonds. The number of thioether (sulfide) groups is 1. The molecule has 3 N–H and O–H groups in total. The number of amidine groups is 1. The van der Waals surface area contributed by atoms with Crippen molar-refractivity contribution in [3.8, 4) is 0 Å². The highest BCUT2D eigenvalue weighted by molar-refractivity contribution is 9.12. The molecule has 0 saturated carbocycles. The second-order valence-electron chi connectivity index (χ2n) is 5.93. The van der Waals surface area contributed by atoms with Gasteiger partial charge in [0.15, 0.2) is 5.17 Å². The summed E-state index contributed by atoms with van der Waals surface area (Å²) in [6, 6.07) is 7.51. The van der Waals surface area contributed by atoms with E-state index < -0.39 is 17.7 Å². The molecule has 0 unspecified atom stereocenters. The number of ketones is 2. The number of hydrogen-bond acceptors (Lipinski definition) is 8. The van der Waals surface area contributed by atoms with Crippen molar-refractivity contribution in [3.63, 3.8) is 0 Å². The van der Waals surface area contributed by atoms with Crippen LogP contribution in [0.25, 0.3) is 5.70 Å². The summed E-state index contributed by atoms with van der Waals surface area (Å²) < 4.78 is 0.203. The molecular weight excluding hydrogens is 432 g/mol. The van der Waals surface area contributed by atoms with Gasteiger partial charge in [0.2, 0.25) is 17.4 Å². The summed E-state index contributed by atoms with van der Waals surface area (Å²) in [6.45, 7) is 1.99. The zero-order valence-electron chi connectivity index (χ0n) is 14.2. The Morgan fingerprint density at radius 3 is 2.81 bits per heavy atom. The van der Waals surface area contributed by atoms with Crippen LogP contribution in [-0.4, -0.2) is 38.8 Å². The Balaban J connectivity index is 1.84. The quantitative estimate of drug-likeness (QED) is 0.474. The van der Waals surface area contributed by atoms with E-state index in [-0.39, 0.29) is 10.4 Å². The highest BCUT2D eigenvalue weighted by Gasteiger charge is 2.38. The monoisotopic (exact) mass is 446 g/mol. The number of carbonyl (C=O) groups is 2. The molecule has 27 heavy (non-hydrogen) atoms. The van der Waals surface area contributed by atoms with E-state index in [1.165, 1.54) is 17.8 Å². The average Bonchev–Trinajstić information content (AvgIpc) is 2.65. The molecule has 3 aliphatic rings. The molecule has 0 spiro atoms. The third kappa shape index (κ3) is 3.06. The summed E-state index contributed by atoms with van der Waals surface area (Å²) in [4.78, 5) is 28.1. The fourth-order valence-corrected chi connectivity index (χ4v) is 4.14. The Morgan fingerprint density at radius 1 is 1.30 bits per heavy atom. The van der Waals surface area contributed by atoms with Crippen molar-refractivity contribution >= 4 is 55.8 Å². The molecule has 1 atom stereocenters. The van der Waals surface area contributed by atoms with Gasteiger partial charge in [-0.3, -0.25) is 20.0 Å².